The number of rotatable bonds is 4. The second kappa shape index (κ2) is 5.72. The molecule has 3 nitrogen and oxygen atoms in total. The molecule has 0 aromatic carbocycles. The first-order valence-electron chi connectivity index (χ1n) is 6.32. The Bertz CT molecular complexity index is 331. The van der Waals surface area contributed by atoms with Crippen molar-refractivity contribution < 1.29 is 13.9 Å². The number of allylic oxidation sites excluding steroid dienone is 2. The SMILES string of the molecule is C[SiH](C)OC1=C(C[PH](=O)O)CCC1C(C)(C)C. The molecule has 0 aromatic rings. The number of hydrogen-bond acceptors (Lipinski definition) is 2. The maximum atomic E-state index is 11.0. The second-order valence-corrected chi connectivity index (χ2v) is 9.64. The molecule has 2 atom stereocenters. The minimum Gasteiger partial charge on any atom is -0.550 e. The molecule has 0 amide bonds. The molecule has 2 unspecified atom stereocenters. The largest absolute Gasteiger partial charge is 0.550 e. The van der Waals surface area contributed by atoms with Crippen molar-refractivity contribution in [2.24, 2.45) is 11.3 Å². The van der Waals surface area contributed by atoms with Crippen LogP contribution in [0.2, 0.25) is 13.1 Å². The van der Waals surface area contributed by atoms with Gasteiger partial charge in [-0.1, -0.05) is 20.8 Å². The summed E-state index contributed by atoms with van der Waals surface area (Å²) in [6.45, 7) is 10.9. The Labute approximate surface area is 107 Å². The molecule has 0 saturated heterocycles. The fourth-order valence-corrected chi connectivity index (χ4v) is 3.98. The molecule has 5 heteroatoms. The van der Waals surface area contributed by atoms with Gasteiger partial charge in [-0.2, -0.15) is 0 Å². The minimum atomic E-state index is -2.43. The molecule has 0 radical (unpaired) electrons. The van der Waals surface area contributed by atoms with E-state index in [-0.39, 0.29) is 5.41 Å². The fraction of sp³-hybridized carbons (Fsp3) is 0.833. The predicted molar refractivity (Wildman–Crippen MR) is 75.3 cm³/mol. The summed E-state index contributed by atoms with van der Waals surface area (Å²) in [5, 5.41) is 0. The molecule has 1 aliphatic rings. The highest BCUT2D eigenvalue weighted by molar-refractivity contribution is 7.38. The molecule has 100 valence electrons. The third kappa shape index (κ3) is 4.27. The normalized spacial score (nSPS) is 23.4. The monoisotopic (exact) mass is 276 g/mol. The smallest absolute Gasteiger partial charge is 0.229 e. The van der Waals surface area contributed by atoms with Gasteiger partial charge >= 0.3 is 0 Å². The molecule has 0 heterocycles. The van der Waals surface area contributed by atoms with Crippen molar-refractivity contribution in [2.75, 3.05) is 6.16 Å². The van der Waals surface area contributed by atoms with Crippen molar-refractivity contribution in [2.45, 2.75) is 46.7 Å². The topological polar surface area (TPSA) is 46.5 Å². The molecule has 1 rings (SSSR count). The van der Waals surface area contributed by atoms with E-state index in [2.05, 4.69) is 33.9 Å². The minimum absolute atomic E-state index is 0.172. The maximum absolute atomic E-state index is 11.0. The highest BCUT2D eigenvalue weighted by Gasteiger charge is 2.36. The molecular formula is C12H25O3PSi. The Morgan fingerprint density at radius 3 is 2.47 bits per heavy atom. The van der Waals surface area contributed by atoms with Gasteiger partial charge in [-0.15, -0.1) is 0 Å². The van der Waals surface area contributed by atoms with Crippen LogP contribution in [0.15, 0.2) is 11.3 Å². The standard InChI is InChI=1S/C12H25O3PSi/c1-12(2,3)10-7-6-9(8-16(13)14)11(10)15-17(4)5/h10,16-17H,6-8H2,1-5H3,(H,13,14). The summed E-state index contributed by atoms with van der Waals surface area (Å²) >= 11 is 0. The van der Waals surface area contributed by atoms with Gasteiger partial charge in [0.15, 0.2) is 8.03 Å². The number of hydrogen-bond donors (Lipinski definition) is 1. The van der Waals surface area contributed by atoms with Gasteiger partial charge in [0, 0.05) is 12.1 Å². The van der Waals surface area contributed by atoms with Crippen LogP contribution < -0.4 is 0 Å². The maximum Gasteiger partial charge on any atom is 0.229 e. The second-order valence-electron chi connectivity index (χ2n) is 6.16. The van der Waals surface area contributed by atoms with Crippen molar-refractivity contribution in [1.29, 1.82) is 0 Å². The molecule has 1 N–H and O–H groups in total. The molecule has 17 heavy (non-hydrogen) atoms. The van der Waals surface area contributed by atoms with E-state index in [1.807, 2.05) is 0 Å². The van der Waals surface area contributed by atoms with Crippen molar-refractivity contribution in [1.82, 2.24) is 0 Å². The fourth-order valence-electron chi connectivity index (χ4n) is 2.42. The summed E-state index contributed by atoms with van der Waals surface area (Å²) in [6.07, 6.45) is 2.31. The Balaban J connectivity index is 2.96. The first-order chi connectivity index (χ1) is 7.71. The lowest BCUT2D eigenvalue weighted by molar-refractivity contribution is 0.217. The zero-order valence-corrected chi connectivity index (χ0v) is 13.7. The van der Waals surface area contributed by atoms with Crippen LogP contribution in [0.4, 0.5) is 0 Å². The van der Waals surface area contributed by atoms with Gasteiger partial charge in [-0.25, -0.2) is 0 Å². The van der Waals surface area contributed by atoms with Crippen LogP contribution in [0.1, 0.15) is 33.6 Å². The van der Waals surface area contributed by atoms with Crippen LogP contribution in [-0.2, 0) is 8.99 Å². The lowest BCUT2D eigenvalue weighted by Crippen LogP contribution is -2.23. The molecule has 0 saturated carbocycles. The Morgan fingerprint density at radius 2 is 2.06 bits per heavy atom. The van der Waals surface area contributed by atoms with Gasteiger partial charge in [0.1, 0.15) is 0 Å². The summed E-state index contributed by atoms with van der Waals surface area (Å²) < 4.78 is 17.1. The van der Waals surface area contributed by atoms with Gasteiger partial charge in [0.25, 0.3) is 0 Å². The molecular weight excluding hydrogens is 251 g/mol. The molecule has 0 aromatic heterocycles. The third-order valence-corrected chi connectivity index (χ3v) is 4.63. The van der Waals surface area contributed by atoms with Gasteiger partial charge in [-0.3, -0.25) is 4.57 Å². The molecule has 0 spiro atoms. The van der Waals surface area contributed by atoms with Gasteiger partial charge in [0.05, 0.1) is 5.76 Å². The average Bonchev–Trinajstić information content (AvgIpc) is 2.45. The predicted octanol–water partition coefficient (Wildman–Crippen LogP) is 3.16. The summed E-state index contributed by atoms with van der Waals surface area (Å²) in [4.78, 5) is 9.12. The van der Waals surface area contributed by atoms with Crippen LogP contribution in [0.25, 0.3) is 0 Å². The molecule has 0 fully saturated rings. The van der Waals surface area contributed by atoms with E-state index in [0.717, 1.165) is 24.2 Å². The van der Waals surface area contributed by atoms with E-state index in [4.69, 9.17) is 9.32 Å². The van der Waals surface area contributed by atoms with Crippen LogP contribution in [0.3, 0.4) is 0 Å². The first-order valence-corrected chi connectivity index (χ1v) is 10.7. The Kier molecular flexibility index (Phi) is 5.05. The van der Waals surface area contributed by atoms with Gasteiger partial charge < -0.3 is 9.32 Å². The summed E-state index contributed by atoms with van der Waals surface area (Å²) in [5.41, 5.74) is 1.27. The van der Waals surface area contributed by atoms with E-state index in [0.29, 0.717) is 12.1 Å². The lowest BCUT2D eigenvalue weighted by atomic mass is 9.79. The van der Waals surface area contributed by atoms with Gasteiger partial charge in [0.2, 0.25) is 9.04 Å². The first kappa shape index (κ1) is 15.0. The van der Waals surface area contributed by atoms with Crippen molar-refractivity contribution in [3.63, 3.8) is 0 Å². The van der Waals surface area contributed by atoms with Crippen molar-refractivity contribution in [3.8, 4) is 0 Å². The Hall–Kier alpha value is -0.0531. The molecule has 0 bridgehead atoms. The molecule has 0 aliphatic heterocycles. The lowest BCUT2D eigenvalue weighted by Gasteiger charge is -2.30. The highest BCUT2D eigenvalue weighted by Crippen LogP contribution is 2.45. The molecule has 1 aliphatic carbocycles. The average molecular weight is 276 g/mol. The van der Waals surface area contributed by atoms with E-state index in [1.54, 1.807) is 0 Å². The van der Waals surface area contributed by atoms with Crippen molar-refractivity contribution in [3.05, 3.63) is 11.3 Å². The summed E-state index contributed by atoms with van der Waals surface area (Å²) in [6, 6.07) is 0. The van der Waals surface area contributed by atoms with Crippen molar-refractivity contribution >= 4 is 17.1 Å². The van der Waals surface area contributed by atoms with E-state index < -0.39 is 17.1 Å². The zero-order valence-electron chi connectivity index (χ0n) is 11.5. The van der Waals surface area contributed by atoms with Gasteiger partial charge in [-0.05, 0) is 36.9 Å². The van der Waals surface area contributed by atoms with E-state index >= 15 is 0 Å². The van der Waals surface area contributed by atoms with Crippen LogP contribution in [-0.4, -0.2) is 20.1 Å². The van der Waals surface area contributed by atoms with Crippen LogP contribution >= 0.6 is 8.03 Å². The summed E-state index contributed by atoms with van der Waals surface area (Å²) in [7, 11) is -3.57. The van der Waals surface area contributed by atoms with E-state index in [9.17, 15) is 4.57 Å². The third-order valence-electron chi connectivity index (χ3n) is 3.17. The quantitative estimate of drug-likeness (QED) is 0.633. The zero-order chi connectivity index (χ0) is 13.2. The summed E-state index contributed by atoms with van der Waals surface area (Å²) in [5.74, 6) is 1.46. The Morgan fingerprint density at radius 1 is 1.47 bits per heavy atom. The van der Waals surface area contributed by atoms with E-state index in [1.165, 1.54) is 0 Å². The van der Waals surface area contributed by atoms with Crippen LogP contribution in [0, 0.1) is 11.3 Å². The van der Waals surface area contributed by atoms with Crippen LogP contribution in [0.5, 0.6) is 0 Å². The highest BCUT2D eigenvalue weighted by atomic mass is 31.1.